The molecule has 0 saturated carbocycles. The van der Waals surface area contributed by atoms with Crippen molar-refractivity contribution in [1.29, 1.82) is 0 Å². The third-order valence-electron chi connectivity index (χ3n) is 9.20. The van der Waals surface area contributed by atoms with Crippen molar-refractivity contribution in [1.82, 2.24) is 0 Å². The van der Waals surface area contributed by atoms with Gasteiger partial charge < -0.3 is 4.79 Å². The highest BCUT2D eigenvalue weighted by atomic mass is 27.0. The quantitative estimate of drug-likeness (QED) is 0.0291. The summed E-state index contributed by atoms with van der Waals surface area (Å²) in [5, 5.41) is 0. The van der Waals surface area contributed by atoms with Crippen molar-refractivity contribution in [2.45, 2.75) is 227 Å². The fraction of sp³-hybridized carbons (Fsp3) is 0.837. The van der Waals surface area contributed by atoms with Crippen molar-refractivity contribution < 1.29 is 14.4 Å². The number of carbonyl (C=O) groups is 3. The Morgan fingerprint density at radius 2 is 0.681 bits per heavy atom. The SMILES string of the molecule is CC(=O)CC(C)=O.CCCCCCCC/C=C\CCCCCCCCC(CCCCCCCC/C=C\CCCCCCCC)[C](=O)[AlH2]. The number of Topliss-reactive ketones (excluding diaryl/α,β-unsaturated/α-hetero) is 2. The minimum Gasteiger partial charge on any atom is -0.322 e. The summed E-state index contributed by atoms with van der Waals surface area (Å²) in [5.74, 6) is 0.264. The molecule has 0 unspecified atom stereocenters. The molecule has 0 radical (unpaired) electrons. The van der Waals surface area contributed by atoms with E-state index in [-0.39, 0.29) is 18.0 Å². The van der Waals surface area contributed by atoms with Crippen molar-refractivity contribution >= 4 is 32.5 Å². The monoisotopic (exact) mass is 673 g/mol. The van der Waals surface area contributed by atoms with E-state index < -0.39 is 0 Å². The molecule has 0 spiro atoms. The summed E-state index contributed by atoms with van der Waals surface area (Å²) in [6, 6.07) is 0. The van der Waals surface area contributed by atoms with Gasteiger partial charge in [0.1, 0.15) is 11.6 Å². The molecule has 0 N–H and O–H groups in total. The van der Waals surface area contributed by atoms with E-state index in [4.69, 9.17) is 0 Å². The fourth-order valence-corrected chi connectivity index (χ4v) is 6.76. The second kappa shape index (κ2) is 41.2. The van der Waals surface area contributed by atoms with E-state index in [0.29, 0.717) is 10.6 Å². The first-order chi connectivity index (χ1) is 22.8. The lowest BCUT2D eigenvalue weighted by atomic mass is 9.95. The maximum Gasteiger partial charge on any atom is 0.319 e. The molecule has 0 aromatic carbocycles. The van der Waals surface area contributed by atoms with Crippen LogP contribution in [0.3, 0.4) is 0 Å². The summed E-state index contributed by atoms with van der Waals surface area (Å²) in [7, 11) is 0. The van der Waals surface area contributed by atoms with Crippen molar-refractivity contribution in [2.75, 3.05) is 0 Å². The highest BCUT2D eigenvalue weighted by Gasteiger charge is 2.12. The molecule has 0 aliphatic heterocycles. The Morgan fingerprint density at radius 1 is 0.426 bits per heavy atom. The molecular weight excluding hydrogens is 591 g/mol. The molecule has 0 amide bonds. The average Bonchev–Trinajstić information content (AvgIpc) is 3.02. The third kappa shape index (κ3) is 45.0. The number of ketones is 2. The van der Waals surface area contributed by atoms with Crippen LogP contribution in [0.4, 0.5) is 0 Å². The summed E-state index contributed by atoms with van der Waals surface area (Å²) in [6.07, 6.45) is 50.1. The van der Waals surface area contributed by atoms with Crippen LogP contribution in [0.25, 0.3) is 0 Å². The van der Waals surface area contributed by atoms with Gasteiger partial charge in [0.2, 0.25) is 0 Å². The van der Waals surface area contributed by atoms with Crippen LogP contribution in [0.1, 0.15) is 227 Å². The van der Waals surface area contributed by atoms with Gasteiger partial charge in [-0.15, -0.1) is 0 Å². The Morgan fingerprint density at radius 3 is 0.915 bits per heavy atom. The molecule has 0 bridgehead atoms. The first-order valence-corrected chi connectivity index (χ1v) is 21.6. The molecule has 3 nitrogen and oxygen atoms in total. The van der Waals surface area contributed by atoms with Crippen LogP contribution >= 0.6 is 0 Å². The maximum absolute atomic E-state index is 12.2. The van der Waals surface area contributed by atoms with Gasteiger partial charge in [0.15, 0.2) is 0 Å². The number of rotatable bonds is 35. The molecule has 0 fully saturated rings. The van der Waals surface area contributed by atoms with Gasteiger partial charge in [0.05, 0.1) is 6.42 Å². The van der Waals surface area contributed by atoms with Crippen LogP contribution < -0.4 is 0 Å². The Balaban J connectivity index is 0. The molecular formula is C43H81AlO3. The molecule has 0 atom stereocenters. The Bertz CT molecular complexity index is 687. The Kier molecular flexibility index (Phi) is 42.2. The Hall–Kier alpha value is -0.978. The standard InChI is InChI=1S/C38H71O.C5H8O2.Al.2H/c1-3-5-7-9-11-13-15-17-19-21-23-25-27-29-31-33-35-38(37-39)36-34-32-30-28-26-24-22-20-18-16-14-12-10-8-6-4-2;1-4(6)3-5(2)7;;;/h17-20,38H,3-16,21-36H2,1-2H3;3H2,1-2H3;;;/b19-17-,20-18-;;;;. The molecule has 47 heavy (non-hydrogen) atoms. The van der Waals surface area contributed by atoms with Crippen molar-refractivity contribution in [3.8, 4) is 0 Å². The number of hydrogen-bond acceptors (Lipinski definition) is 3. The fourth-order valence-electron chi connectivity index (χ4n) is 6.18. The molecule has 0 saturated heterocycles. The molecule has 0 aromatic rings. The van der Waals surface area contributed by atoms with E-state index in [9.17, 15) is 14.4 Å². The van der Waals surface area contributed by atoms with E-state index in [1.165, 1.54) is 194 Å². The highest BCUT2D eigenvalue weighted by molar-refractivity contribution is 6.58. The first kappa shape index (κ1) is 48.1. The second-order valence-corrected chi connectivity index (χ2v) is 15.3. The van der Waals surface area contributed by atoms with Crippen molar-refractivity contribution in [2.24, 2.45) is 5.92 Å². The molecule has 0 aromatic heterocycles. The van der Waals surface area contributed by atoms with Crippen molar-refractivity contribution in [3.05, 3.63) is 24.3 Å². The summed E-state index contributed by atoms with van der Waals surface area (Å²) < 4.78 is 0.570. The molecule has 0 aliphatic carbocycles. The van der Waals surface area contributed by atoms with Gasteiger partial charge in [-0.3, -0.25) is 9.59 Å². The van der Waals surface area contributed by atoms with Crippen molar-refractivity contribution in [3.63, 3.8) is 0 Å². The normalized spacial score (nSPS) is 11.4. The van der Waals surface area contributed by atoms with E-state index in [1.807, 2.05) is 0 Å². The lowest BCUT2D eigenvalue weighted by Crippen LogP contribution is -2.14. The lowest BCUT2D eigenvalue weighted by Gasteiger charge is -2.14. The average molecular weight is 673 g/mol. The minimum atomic E-state index is -0.0625. The summed E-state index contributed by atoms with van der Waals surface area (Å²) >= 11 is 0.742. The second-order valence-electron chi connectivity index (χ2n) is 14.3. The third-order valence-corrected chi connectivity index (χ3v) is 10.0. The van der Waals surface area contributed by atoms with Crippen LogP contribution in [0, 0.1) is 5.92 Å². The van der Waals surface area contributed by atoms with E-state index in [2.05, 4.69) is 38.2 Å². The summed E-state index contributed by atoms with van der Waals surface area (Å²) in [4.78, 5) is 32.2. The van der Waals surface area contributed by atoms with Gasteiger partial charge in [-0.2, -0.15) is 0 Å². The van der Waals surface area contributed by atoms with Gasteiger partial charge in [-0.05, 0) is 84.0 Å². The van der Waals surface area contributed by atoms with Gasteiger partial charge in [0, 0.05) is 4.65 Å². The van der Waals surface area contributed by atoms with Crippen LogP contribution in [0.5, 0.6) is 0 Å². The lowest BCUT2D eigenvalue weighted by molar-refractivity contribution is -0.124. The van der Waals surface area contributed by atoms with Crippen LogP contribution in [-0.2, 0) is 14.4 Å². The maximum atomic E-state index is 12.2. The number of carbonyl (C=O) groups excluding carboxylic acids is 3. The van der Waals surface area contributed by atoms with Gasteiger partial charge in [0.25, 0.3) is 0 Å². The van der Waals surface area contributed by atoms with Gasteiger partial charge >= 0.3 is 16.3 Å². The number of unbranched alkanes of at least 4 members (excludes halogenated alkanes) is 24. The van der Waals surface area contributed by atoms with Crippen LogP contribution in [0.2, 0.25) is 0 Å². The topological polar surface area (TPSA) is 51.2 Å². The largest absolute Gasteiger partial charge is 0.322 e. The molecule has 0 heterocycles. The zero-order valence-corrected chi connectivity index (χ0v) is 34.5. The van der Waals surface area contributed by atoms with Gasteiger partial charge in [-0.1, -0.05) is 167 Å². The minimum absolute atomic E-state index is 0.0625. The Labute approximate surface area is 302 Å². The molecule has 274 valence electrons. The van der Waals surface area contributed by atoms with Crippen LogP contribution in [0.15, 0.2) is 24.3 Å². The number of hydrogen-bond donors (Lipinski definition) is 0. The highest BCUT2D eigenvalue weighted by Crippen LogP contribution is 2.20. The van der Waals surface area contributed by atoms with E-state index in [1.54, 1.807) is 0 Å². The zero-order chi connectivity index (χ0) is 35.1. The van der Waals surface area contributed by atoms with Crippen LogP contribution in [-0.4, -0.2) is 32.5 Å². The zero-order valence-electron chi connectivity index (χ0n) is 32.5. The molecule has 0 rings (SSSR count). The van der Waals surface area contributed by atoms with E-state index >= 15 is 0 Å². The first-order valence-electron chi connectivity index (χ1n) is 20.6. The summed E-state index contributed by atoms with van der Waals surface area (Å²) in [6.45, 7) is 7.38. The molecule has 0 aliphatic rings. The summed E-state index contributed by atoms with van der Waals surface area (Å²) in [5.41, 5.74) is 0. The number of allylic oxidation sites excluding steroid dienone is 4. The molecule has 4 heteroatoms. The van der Waals surface area contributed by atoms with Gasteiger partial charge in [-0.25, -0.2) is 0 Å². The smallest absolute Gasteiger partial charge is 0.319 e. The predicted octanol–water partition coefficient (Wildman–Crippen LogP) is 13.2. The van der Waals surface area contributed by atoms with E-state index in [0.717, 1.165) is 29.1 Å². The predicted molar refractivity (Wildman–Crippen MR) is 211 cm³/mol.